The molecule has 106 valence electrons. The van der Waals surface area contributed by atoms with E-state index in [1.807, 2.05) is 24.3 Å². The van der Waals surface area contributed by atoms with E-state index in [1.165, 1.54) is 0 Å². The topological polar surface area (TPSA) is 81.4 Å². The first-order valence-corrected chi connectivity index (χ1v) is 8.16. The zero-order valence-corrected chi connectivity index (χ0v) is 11.8. The highest BCUT2D eigenvalue weighted by Gasteiger charge is 2.29. The lowest BCUT2D eigenvalue weighted by atomic mass is 9.95. The van der Waals surface area contributed by atoms with Gasteiger partial charge in [-0.3, -0.25) is 11.3 Å². The van der Waals surface area contributed by atoms with Crippen LogP contribution in [0.3, 0.4) is 0 Å². The second-order valence-electron chi connectivity index (χ2n) is 5.00. The number of nitrogens with one attached hydrogen (secondary N) is 1. The third kappa shape index (κ3) is 3.68. The summed E-state index contributed by atoms with van der Waals surface area (Å²) in [5.41, 5.74) is 3.82. The van der Waals surface area contributed by atoms with Gasteiger partial charge in [-0.2, -0.15) is 0 Å². The Morgan fingerprint density at radius 1 is 1.42 bits per heavy atom. The van der Waals surface area contributed by atoms with Crippen molar-refractivity contribution >= 4 is 9.84 Å². The van der Waals surface area contributed by atoms with Crippen molar-refractivity contribution in [3.8, 4) is 5.75 Å². The molecular formula is C13H20N2O3S. The molecule has 2 atom stereocenters. The molecule has 19 heavy (non-hydrogen) atoms. The van der Waals surface area contributed by atoms with E-state index in [0.717, 1.165) is 24.2 Å². The van der Waals surface area contributed by atoms with Gasteiger partial charge in [0.2, 0.25) is 0 Å². The van der Waals surface area contributed by atoms with E-state index in [4.69, 9.17) is 10.6 Å². The smallest absolute Gasteiger partial charge is 0.150 e. The van der Waals surface area contributed by atoms with Crippen molar-refractivity contribution < 1.29 is 13.2 Å². The fraction of sp³-hybridized carbons (Fsp3) is 0.538. The number of methoxy groups -OCH3 is 1. The maximum absolute atomic E-state index is 11.5. The molecule has 5 nitrogen and oxygen atoms in total. The number of hydrazine groups is 1. The number of benzene rings is 1. The van der Waals surface area contributed by atoms with E-state index >= 15 is 0 Å². The summed E-state index contributed by atoms with van der Waals surface area (Å²) in [6.45, 7) is 0. The largest absolute Gasteiger partial charge is 0.497 e. The summed E-state index contributed by atoms with van der Waals surface area (Å²) in [5, 5.41) is 0. The van der Waals surface area contributed by atoms with Crippen LogP contribution < -0.4 is 16.0 Å². The summed E-state index contributed by atoms with van der Waals surface area (Å²) < 4.78 is 28.0. The molecule has 0 spiro atoms. The number of hydrogen-bond acceptors (Lipinski definition) is 5. The first kappa shape index (κ1) is 14.3. The molecular weight excluding hydrogens is 264 g/mol. The van der Waals surface area contributed by atoms with Crippen LogP contribution in [0.2, 0.25) is 0 Å². The average molecular weight is 284 g/mol. The molecule has 1 aliphatic rings. The third-order valence-corrected chi connectivity index (χ3v) is 5.45. The summed E-state index contributed by atoms with van der Waals surface area (Å²) in [6, 6.07) is 7.64. The Hall–Kier alpha value is -1.11. The monoisotopic (exact) mass is 284 g/mol. The number of sulfone groups is 1. The molecule has 2 rings (SSSR count). The lowest BCUT2D eigenvalue weighted by Crippen LogP contribution is -2.30. The minimum absolute atomic E-state index is 0.0239. The summed E-state index contributed by atoms with van der Waals surface area (Å²) in [4.78, 5) is 0. The maximum atomic E-state index is 11.5. The van der Waals surface area contributed by atoms with Gasteiger partial charge in [0, 0.05) is 6.04 Å². The van der Waals surface area contributed by atoms with Gasteiger partial charge in [-0.05, 0) is 36.5 Å². The van der Waals surface area contributed by atoms with Crippen molar-refractivity contribution in [2.24, 2.45) is 11.8 Å². The lowest BCUT2D eigenvalue weighted by Gasteiger charge is -2.19. The molecule has 1 saturated heterocycles. The predicted molar refractivity (Wildman–Crippen MR) is 74.4 cm³/mol. The summed E-state index contributed by atoms with van der Waals surface area (Å²) in [7, 11) is -1.21. The van der Waals surface area contributed by atoms with Crippen molar-refractivity contribution in [3.63, 3.8) is 0 Å². The Kier molecular flexibility index (Phi) is 4.44. The molecule has 0 aromatic heterocycles. The van der Waals surface area contributed by atoms with Crippen LogP contribution in [-0.4, -0.2) is 27.0 Å². The molecule has 2 unspecified atom stereocenters. The highest BCUT2D eigenvalue weighted by atomic mass is 32.2. The first-order valence-electron chi connectivity index (χ1n) is 6.34. The fourth-order valence-corrected chi connectivity index (χ4v) is 4.41. The van der Waals surface area contributed by atoms with E-state index in [0.29, 0.717) is 5.75 Å². The van der Waals surface area contributed by atoms with Gasteiger partial charge in [0.15, 0.2) is 9.84 Å². The van der Waals surface area contributed by atoms with Crippen molar-refractivity contribution in [1.82, 2.24) is 5.43 Å². The SMILES string of the molecule is COc1ccc(C(CC2CCS(=O)(=O)C2)NN)cc1. The van der Waals surface area contributed by atoms with Crippen molar-refractivity contribution in [2.75, 3.05) is 18.6 Å². The zero-order valence-electron chi connectivity index (χ0n) is 11.0. The van der Waals surface area contributed by atoms with Gasteiger partial charge >= 0.3 is 0 Å². The van der Waals surface area contributed by atoms with Gasteiger partial charge in [-0.1, -0.05) is 12.1 Å². The molecule has 1 aromatic rings. The molecule has 0 aliphatic carbocycles. The van der Waals surface area contributed by atoms with Gasteiger partial charge < -0.3 is 4.74 Å². The Morgan fingerprint density at radius 3 is 2.58 bits per heavy atom. The van der Waals surface area contributed by atoms with E-state index < -0.39 is 9.84 Å². The van der Waals surface area contributed by atoms with Gasteiger partial charge in [0.05, 0.1) is 18.6 Å². The van der Waals surface area contributed by atoms with Crippen LogP contribution in [0.5, 0.6) is 5.75 Å². The van der Waals surface area contributed by atoms with Crippen molar-refractivity contribution in [1.29, 1.82) is 0 Å². The van der Waals surface area contributed by atoms with Gasteiger partial charge in [0.25, 0.3) is 0 Å². The van der Waals surface area contributed by atoms with E-state index in [9.17, 15) is 8.42 Å². The van der Waals surface area contributed by atoms with Crippen LogP contribution in [0.4, 0.5) is 0 Å². The standard InChI is InChI=1S/C13H20N2O3S/c1-18-12-4-2-11(3-5-12)13(15-14)8-10-6-7-19(16,17)9-10/h2-5,10,13,15H,6-9,14H2,1H3. The maximum Gasteiger partial charge on any atom is 0.150 e. The number of ether oxygens (including phenoxy) is 1. The summed E-state index contributed by atoms with van der Waals surface area (Å²) in [6.07, 6.45) is 1.47. The van der Waals surface area contributed by atoms with E-state index in [2.05, 4.69) is 5.43 Å². The minimum atomic E-state index is -2.83. The van der Waals surface area contributed by atoms with Crippen molar-refractivity contribution in [3.05, 3.63) is 29.8 Å². The molecule has 6 heteroatoms. The molecule has 0 radical (unpaired) electrons. The molecule has 1 aliphatic heterocycles. The molecule has 3 N–H and O–H groups in total. The quantitative estimate of drug-likeness (QED) is 0.623. The molecule has 0 saturated carbocycles. The van der Waals surface area contributed by atoms with Crippen molar-refractivity contribution in [2.45, 2.75) is 18.9 Å². The summed E-state index contributed by atoms with van der Waals surface area (Å²) in [5.74, 6) is 7.16. The highest BCUT2D eigenvalue weighted by molar-refractivity contribution is 7.91. The number of hydrogen-bond donors (Lipinski definition) is 2. The second kappa shape index (κ2) is 5.90. The second-order valence-corrected chi connectivity index (χ2v) is 7.23. The van der Waals surface area contributed by atoms with E-state index in [-0.39, 0.29) is 17.7 Å². The van der Waals surface area contributed by atoms with Gasteiger partial charge in [-0.25, -0.2) is 8.42 Å². The van der Waals surface area contributed by atoms with Crippen LogP contribution in [0.25, 0.3) is 0 Å². The van der Waals surface area contributed by atoms with Crippen LogP contribution in [-0.2, 0) is 9.84 Å². The van der Waals surface area contributed by atoms with Crippen LogP contribution in [0, 0.1) is 5.92 Å². The predicted octanol–water partition coefficient (Wildman–Crippen LogP) is 1.02. The molecule has 1 heterocycles. The average Bonchev–Trinajstić information content (AvgIpc) is 2.75. The number of nitrogens with two attached hydrogens (primary N) is 1. The highest BCUT2D eigenvalue weighted by Crippen LogP contribution is 2.29. The number of rotatable bonds is 5. The molecule has 0 amide bonds. The molecule has 1 fully saturated rings. The Bertz CT molecular complexity index is 513. The Morgan fingerprint density at radius 2 is 2.11 bits per heavy atom. The normalized spacial score (nSPS) is 23.2. The van der Waals surface area contributed by atoms with Gasteiger partial charge in [-0.15, -0.1) is 0 Å². The Balaban J connectivity index is 2.03. The minimum Gasteiger partial charge on any atom is -0.497 e. The third-order valence-electron chi connectivity index (χ3n) is 3.62. The van der Waals surface area contributed by atoms with E-state index in [1.54, 1.807) is 7.11 Å². The summed E-state index contributed by atoms with van der Waals surface area (Å²) >= 11 is 0. The Labute approximate surface area is 114 Å². The molecule has 0 bridgehead atoms. The van der Waals surface area contributed by atoms with Crippen LogP contribution >= 0.6 is 0 Å². The van der Waals surface area contributed by atoms with Crippen LogP contribution in [0.1, 0.15) is 24.4 Å². The fourth-order valence-electron chi connectivity index (χ4n) is 2.53. The van der Waals surface area contributed by atoms with Gasteiger partial charge in [0.1, 0.15) is 5.75 Å². The zero-order chi connectivity index (χ0) is 13.9. The molecule has 1 aromatic carbocycles. The first-order chi connectivity index (χ1) is 9.04. The lowest BCUT2D eigenvalue weighted by molar-refractivity contribution is 0.410. The van der Waals surface area contributed by atoms with Crippen LogP contribution in [0.15, 0.2) is 24.3 Å².